The number of likely N-dealkylation sites (tertiary alicyclic amines) is 1. The van der Waals surface area contributed by atoms with Crippen LogP contribution in [0, 0.1) is 5.41 Å². The molecule has 2 rings (SSSR count). The summed E-state index contributed by atoms with van der Waals surface area (Å²) < 4.78 is 0. The predicted molar refractivity (Wildman–Crippen MR) is 104 cm³/mol. The predicted octanol–water partition coefficient (Wildman–Crippen LogP) is 3.11. The molecule has 2 aliphatic rings. The first-order valence-electron chi connectivity index (χ1n) is 9.45. The van der Waals surface area contributed by atoms with Gasteiger partial charge in [-0.1, -0.05) is 27.0 Å². The van der Waals surface area contributed by atoms with E-state index in [2.05, 4.69) is 41.8 Å². The summed E-state index contributed by atoms with van der Waals surface area (Å²) >= 11 is 0. The van der Waals surface area contributed by atoms with Crippen LogP contribution in [0.4, 0.5) is 0 Å². The maximum absolute atomic E-state index is 12.3. The Morgan fingerprint density at radius 1 is 1.16 bits per heavy atom. The Morgan fingerprint density at radius 3 is 2.40 bits per heavy atom. The van der Waals surface area contributed by atoms with E-state index in [0.29, 0.717) is 6.42 Å². The average molecular weight is 347 g/mol. The van der Waals surface area contributed by atoms with E-state index in [9.17, 15) is 4.79 Å². The molecule has 0 spiro atoms. The zero-order valence-corrected chi connectivity index (χ0v) is 16.3. The van der Waals surface area contributed by atoms with Gasteiger partial charge in [0.05, 0.1) is 0 Å². The SMILES string of the molecule is C=C(/N=C\C)N1CCN(CCCCN2C(=C)CC(C)(C)CC2=O)CC1. The molecule has 0 N–H and O–H groups in total. The molecule has 140 valence electrons. The zero-order valence-electron chi connectivity index (χ0n) is 16.3. The van der Waals surface area contributed by atoms with E-state index in [1.165, 1.54) is 0 Å². The minimum absolute atomic E-state index is 0.0656. The van der Waals surface area contributed by atoms with E-state index < -0.39 is 0 Å². The summed E-state index contributed by atoms with van der Waals surface area (Å²) in [6.07, 6.45) is 5.52. The highest BCUT2D eigenvalue weighted by Crippen LogP contribution is 2.35. The number of nitrogens with zero attached hydrogens (tertiary/aromatic N) is 4. The van der Waals surface area contributed by atoms with Crippen molar-refractivity contribution in [3.05, 3.63) is 24.7 Å². The monoisotopic (exact) mass is 346 g/mol. The van der Waals surface area contributed by atoms with Crippen molar-refractivity contribution in [1.29, 1.82) is 0 Å². The van der Waals surface area contributed by atoms with Crippen LogP contribution >= 0.6 is 0 Å². The molecule has 1 amide bonds. The fourth-order valence-corrected chi connectivity index (χ4v) is 3.74. The number of hydrogen-bond acceptors (Lipinski definition) is 4. The summed E-state index contributed by atoms with van der Waals surface area (Å²) in [7, 11) is 0. The van der Waals surface area contributed by atoms with Crippen molar-refractivity contribution < 1.29 is 4.79 Å². The van der Waals surface area contributed by atoms with E-state index in [1.807, 2.05) is 11.8 Å². The molecule has 2 heterocycles. The van der Waals surface area contributed by atoms with Crippen molar-refractivity contribution in [2.75, 3.05) is 39.3 Å². The third kappa shape index (κ3) is 5.70. The summed E-state index contributed by atoms with van der Waals surface area (Å²) in [5.41, 5.74) is 1.06. The van der Waals surface area contributed by atoms with Crippen LogP contribution < -0.4 is 0 Å². The molecular weight excluding hydrogens is 312 g/mol. The molecule has 5 heteroatoms. The smallest absolute Gasteiger partial charge is 0.227 e. The molecule has 0 aromatic heterocycles. The molecule has 0 radical (unpaired) electrons. The first kappa shape index (κ1) is 19.7. The lowest BCUT2D eigenvalue weighted by molar-refractivity contribution is -0.134. The van der Waals surface area contributed by atoms with Crippen LogP contribution in [0.5, 0.6) is 0 Å². The van der Waals surface area contributed by atoms with Crippen molar-refractivity contribution in [2.45, 2.75) is 46.5 Å². The molecule has 0 unspecified atom stereocenters. The quantitative estimate of drug-likeness (QED) is 0.525. The maximum atomic E-state index is 12.3. The van der Waals surface area contributed by atoms with Crippen molar-refractivity contribution in [1.82, 2.24) is 14.7 Å². The number of unbranched alkanes of at least 4 members (excludes halogenated alkanes) is 1. The molecule has 0 saturated carbocycles. The molecule has 0 aromatic carbocycles. The molecule has 2 fully saturated rings. The van der Waals surface area contributed by atoms with Gasteiger partial charge in [-0.25, -0.2) is 4.99 Å². The molecular formula is C20H34N4O. The minimum atomic E-state index is 0.0656. The second-order valence-electron chi connectivity index (χ2n) is 7.97. The molecule has 0 bridgehead atoms. The van der Waals surface area contributed by atoms with Crippen molar-refractivity contribution in [3.8, 4) is 0 Å². The molecule has 2 aliphatic heterocycles. The largest absolute Gasteiger partial charge is 0.355 e. The zero-order chi connectivity index (χ0) is 18.4. The topological polar surface area (TPSA) is 39.1 Å². The normalized spacial score (nSPS) is 22.0. The van der Waals surface area contributed by atoms with Crippen LogP contribution in [0.2, 0.25) is 0 Å². The fraction of sp³-hybridized carbons (Fsp3) is 0.700. The fourth-order valence-electron chi connectivity index (χ4n) is 3.74. The number of allylic oxidation sites excluding steroid dienone is 1. The summed E-state index contributed by atoms with van der Waals surface area (Å²) in [6, 6.07) is 0. The summed E-state index contributed by atoms with van der Waals surface area (Å²) in [5.74, 6) is 1.11. The van der Waals surface area contributed by atoms with Gasteiger partial charge in [0.15, 0.2) is 0 Å². The molecule has 2 saturated heterocycles. The van der Waals surface area contributed by atoms with Crippen LogP contribution in [-0.4, -0.2) is 66.1 Å². The van der Waals surface area contributed by atoms with Crippen molar-refractivity contribution in [2.24, 2.45) is 10.4 Å². The minimum Gasteiger partial charge on any atom is -0.355 e. The van der Waals surface area contributed by atoms with Crippen LogP contribution in [0.25, 0.3) is 0 Å². The number of amides is 1. The lowest BCUT2D eigenvalue weighted by Crippen LogP contribution is -2.45. The van der Waals surface area contributed by atoms with E-state index in [0.717, 1.165) is 70.0 Å². The second kappa shape index (κ2) is 8.65. The van der Waals surface area contributed by atoms with E-state index in [1.54, 1.807) is 6.21 Å². The molecule has 0 aliphatic carbocycles. The van der Waals surface area contributed by atoms with Gasteiger partial charge >= 0.3 is 0 Å². The van der Waals surface area contributed by atoms with Crippen molar-refractivity contribution in [3.63, 3.8) is 0 Å². The lowest BCUT2D eigenvalue weighted by atomic mass is 9.80. The number of rotatable bonds is 7. The Morgan fingerprint density at radius 2 is 1.80 bits per heavy atom. The number of piperidine rings is 1. The van der Waals surface area contributed by atoms with Gasteiger partial charge in [-0.2, -0.15) is 0 Å². The Labute approximate surface area is 153 Å². The van der Waals surface area contributed by atoms with Gasteiger partial charge in [0.1, 0.15) is 5.82 Å². The number of piperazine rings is 1. The summed E-state index contributed by atoms with van der Waals surface area (Å²) in [4.78, 5) is 23.2. The van der Waals surface area contributed by atoms with Gasteiger partial charge in [0, 0.05) is 51.1 Å². The second-order valence-corrected chi connectivity index (χ2v) is 7.97. The number of aliphatic imine (C=N–C) groups is 1. The Bertz CT molecular complexity index is 510. The van der Waals surface area contributed by atoms with Crippen molar-refractivity contribution >= 4 is 12.1 Å². The maximum Gasteiger partial charge on any atom is 0.227 e. The van der Waals surface area contributed by atoms with E-state index in [4.69, 9.17) is 0 Å². The van der Waals surface area contributed by atoms with Crippen LogP contribution in [0.3, 0.4) is 0 Å². The first-order chi connectivity index (χ1) is 11.8. The molecule has 25 heavy (non-hydrogen) atoms. The van der Waals surface area contributed by atoms with Crippen LogP contribution in [-0.2, 0) is 4.79 Å². The highest BCUT2D eigenvalue weighted by molar-refractivity contribution is 5.79. The van der Waals surface area contributed by atoms with Gasteiger partial charge in [-0.3, -0.25) is 9.69 Å². The Kier molecular flexibility index (Phi) is 6.82. The van der Waals surface area contributed by atoms with Crippen LogP contribution in [0.1, 0.15) is 46.5 Å². The number of carbonyl (C=O) groups is 1. The standard InChI is InChI=1S/C20H34N4O/c1-6-21-18(3)23-13-11-22(12-14-23)9-7-8-10-24-17(2)15-20(4,5)16-19(24)25/h6H,2-3,7-16H2,1,4-5H3/b21-6-. The third-order valence-electron chi connectivity index (χ3n) is 5.12. The molecule has 0 aromatic rings. The summed E-state index contributed by atoms with van der Waals surface area (Å²) in [6.45, 7) is 20.4. The Hall–Kier alpha value is -1.62. The summed E-state index contributed by atoms with van der Waals surface area (Å²) in [5, 5.41) is 0. The molecule has 0 atom stereocenters. The van der Waals surface area contributed by atoms with Gasteiger partial charge in [0.2, 0.25) is 5.91 Å². The third-order valence-corrected chi connectivity index (χ3v) is 5.12. The van der Waals surface area contributed by atoms with Gasteiger partial charge in [-0.05, 0) is 38.1 Å². The van der Waals surface area contributed by atoms with E-state index in [-0.39, 0.29) is 11.3 Å². The Balaban J connectivity index is 1.65. The van der Waals surface area contributed by atoms with E-state index >= 15 is 0 Å². The highest BCUT2D eigenvalue weighted by atomic mass is 16.2. The highest BCUT2D eigenvalue weighted by Gasteiger charge is 2.33. The van der Waals surface area contributed by atoms with Gasteiger partial charge in [-0.15, -0.1) is 0 Å². The lowest BCUT2D eigenvalue weighted by Gasteiger charge is -2.38. The van der Waals surface area contributed by atoms with Crippen LogP contribution in [0.15, 0.2) is 29.7 Å². The van der Waals surface area contributed by atoms with Gasteiger partial charge in [0.25, 0.3) is 0 Å². The van der Waals surface area contributed by atoms with Gasteiger partial charge < -0.3 is 9.80 Å². The average Bonchev–Trinajstić information content (AvgIpc) is 2.53. The molecule has 5 nitrogen and oxygen atoms in total. The number of carbonyl (C=O) groups excluding carboxylic acids is 1. The first-order valence-corrected chi connectivity index (χ1v) is 9.45. The number of hydrogen-bond donors (Lipinski definition) is 0.